The average Bonchev–Trinajstić information content (AvgIpc) is 2.59. The minimum absolute atomic E-state index is 0.433. The van der Waals surface area contributed by atoms with Crippen LogP contribution in [-0.2, 0) is 0 Å². The van der Waals surface area contributed by atoms with Gasteiger partial charge in [0.15, 0.2) is 0 Å². The fraction of sp³-hybridized carbons (Fsp3) is 0.571. The maximum Gasteiger partial charge on any atom is 0.119 e. The van der Waals surface area contributed by atoms with E-state index >= 15 is 0 Å². The Kier molecular flexibility index (Phi) is 4.09. The smallest absolute Gasteiger partial charge is 0.119 e. The standard InChI is InChI=1S/C14H21NO/c1-15-12-8-10-14(11-9-12)16-13-6-4-2-3-5-7-13/h8-11,13,15H,2-7H2,1H3. The first-order chi connectivity index (χ1) is 7.88. The Morgan fingerprint density at radius 3 is 2.19 bits per heavy atom. The number of hydrogen-bond donors (Lipinski definition) is 1. The summed E-state index contributed by atoms with van der Waals surface area (Å²) in [5.74, 6) is 1.01. The third kappa shape index (κ3) is 3.16. The second-order valence-electron chi connectivity index (χ2n) is 4.51. The van der Waals surface area contributed by atoms with E-state index in [0.29, 0.717) is 6.10 Å². The van der Waals surface area contributed by atoms with Crippen molar-refractivity contribution >= 4 is 5.69 Å². The van der Waals surface area contributed by atoms with Crippen molar-refractivity contribution < 1.29 is 4.74 Å². The van der Waals surface area contributed by atoms with Gasteiger partial charge in [0, 0.05) is 12.7 Å². The molecular formula is C14H21NO. The van der Waals surface area contributed by atoms with Gasteiger partial charge in [0.25, 0.3) is 0 Å². The van der Waals surface area contributed by atoms with Crippen LogP contribution in [0.25, 0.3) is 0 Å². The third-order valence-electron chi connectivity index (χ3n) is 3.25. The third-order valence-corrected chi connectivity index (χ3v) is 3.25. The molecule has 1 saturated carbocycles. The van der Waals surface area contributed by atoms with Crippen molar-refractivity contribution in [3.63, 3.8) is 0 Å². The van der Waals surface area contributed by atoms with Crippen molar-refractivity contribution in [2.45, 2.75) is 44.6 Å². The summed E-state index contributed by atoms with van der Waals surface area (Å²) in [6, 6.07) is 8.23. The number of anilines is 1. The van der Waals surface area contributed by atoms with Crippen molar-refractivity contribution in [3.8, 4) is 5.75 Å². The molecule has 1 aliphatic carbocycles. The molecule has 1 aromatic carbocycles. The normalized spacial score (nSPS) is 17.8. The van der Waals surface area contributed by atoms with Crippen LogP contribution in [0.1, 0.15) is 38.5 Å². The first-order valence-corrected chi connectivity index (χ1v) is 6.33. The van der Waals surface area contributed by atoms with E-state index < -0.39 is 0 Å². The van der Waals surface area contributed by atoms with Gasteiger partial charge >= 0.3 is 0 Å². The molecule has 1 N–H and O–H groups in total. The molecule has 0 aromatic heterocycles. The van der Waals surface area contributed by atoms with Crippen LogP contribution in [0.3, 0.4) is 0 Å². The monoisotopic (exact) mass is 219 g/mol. The molecule has 88 valence electrons. The van der Waals surface area contributed by atoms with Crippen molar-refractivity contribution in [2.75, 3.05) is 12.4 Å². The van der Waals surface area contributed by atoms with E-state index in [1.54, 1.807) is 0 Å². The van der Waals surface area contributed by atoms with E-state index in [4.69, 9.17) is 4.74 Å². The van der Waals surface area contributed by atoms with Crippen LogP contribution < -0.4 is 10.1 Å². The Balaban J connectivity index is 1.91. The van der Waals surface area contributed by atoms with Gasteiger partial charge in [-0.1, -0.05) is 12.8 Å². The molecule has 1 aliphatic rings. The van der Waals surface area contributed by atoms with Crippen LogP contribution >= 0.6 is 0 Å². The molecule has 1 fully saturated rings. The van der Waals surface area contributed by atoms with Crippen LogP contribution in [-0.4, -0.2) is 13.2 Å². The van der Waals surface area contributed by atoms with Gasteiger partial charge in [-0.15, -0.1) is 0 Å². The Labute approximate surface area is 98.0 Å². The summed E-state index contributed by atoms with van der Waals surface area (Å²) in [5.41, 5.74) is 1.13. The minimum atomic E-state index is 0.433. The summed E-state index contributed by atoms with van der Waals surface area (Å²) in [4.78, 5) is 0. The number of ether oxygens (including phenoxy) is 1. The molecule has 16 heavy (non-hydrogen) atoms. The summed E-state index contributed by atoms with van der Waals surface area (Å²) in [7, 11) is 1.93. The van der Waals surface area contributed by atoms with E-state index in [2.05, 4.69) is 29.6 Å². The highest BCUT2D eigenvalue weighted by Gasteiger charge is 2.13. The average molecular weight is 219 g/mol. The van der Waals surface area contributed by atoms with Gasteiger partial charge in [-0.2, -0.15) is 0 Å². The van der Waals surface area contributed by atoms with Crippen molar-refractivity contribution in [2.24, 2.45) is 0 Å². The van der Waals surface area contributed by atoms with Gasteiger partial charge < -0.3 is 10.1 Å². The lowest BCUT2D eigenvalue weighted by atomic mass is 10.1. The van der Waals surface area contributed by atoms with Crippen LogP contribution in [0, 0.1) is 0 Å². The number of rotatable bonds is 3. The van der Waals surface area contributed by atoms with Gasteiger partial charge in [-0.25, -0.2) is 0 Å². The van der Waals surface area contributed by atoms with E-state index in [9.17, 15) is 0 Å². The SMILES string of the molecule is CNc1ccc(OC2CCCCCC2)cc1. The van der Waals surface area contributed by atoms with E-state index in [1.807, 2.05) is 7.05 Å². The second-order valence-corrected chi connectivity index (χ2v) is 4.51. The summed E-state index contributed by atoms with van der Waals surface area (Å²) in [5, 5.41) is 3.11. The summed E-state index contributed by atoms with van der Waals surface area (Å²) in [6.45, 7) is 0. The molecule has 0 heterocycles. The van der Waals surface area contributed by atoms with Gasteiger partial charge in [-0.3, -0.25) is 0 Å². The predicted molar refractivity (Wildman–Crippen MR) is 68.1 cm³/mol. The number of nitrogens with one attached hydrogen (secondary N) is 1. The molecule has 0 atom stereocenters. The topological polar surface area (TPSA) is 21.3 Å². The van der Waals surface area contributed by atoms with Crippen molar-refractivity contribution in [3.05, 3.63) is 24.3 Å². The summed E-state index contributed by atoms with van der Waals surface area (Å²) >= 11 is 0. The van der Waals surface area contributed by atoms with Crippen LogP contribution in [0.2, 0.25) is 0 Å². The van der Waals surface area contributed by atoms with Gasteiger partial charge in [0.05, 0.1) is 6.10 Å². The van der Waals surface area contributed by atoms with Gasteiger partial charge in [0.1, 0.15) is 5.75 Å². The summed E-state index contributed by atoms with van der Waals surface area (Å²) < 4.78 is 6.01. The molecule has 0 saturated heterocycles. The van der Waals surface area contributed by atoms with Gasteiger partial charge in [0.2, 0.25) is 0 Å². The number of benzene rings is 1. The Bertz CT molecular complexity index is 299. The molecular weight excluding hydrogens is 198 g/mol. The Hall–Kier alpha value is -1.18. The zero-order valence-electron chi connectivity index (χ0n) is 10.0. The lowest BCUT2D eigenvalue weighted by Crippen LogP contribution is -2.14. The quantitative estimate of drug-likeness (QED) is 0.780. The molecule has 2 rings (SSSR count). The highest BCUT2D eigenvalue weighted by Crippen LogP contribution is 2.23. The summed E-state index contributed by atoms with van der Waals surface area (Å²) in [6.07, 6.45) is 8.25. The number of hydrogen-bond acceptors (Lipinski definition) is 2. The highest BCUT2D eigenvalue weighted by molar-refractivity contribution is 5.45. The van der Waals surface area contributed by atoms with E-state index in [1.165, 1.54) is 38.5 Å². The molecule has 2 nitrogen and oxygen atoms in total. The minimum Gasteiger partial charge on any atom is -0.490 e. The predicted octanol–water partition coefficient (Wildman–Crippen LogP) is 3.83. The highest BCUT2D eigenvalue weighted by atomic mass is 16.5. The lowest BCUT2D eigenvalue weighted by molar-refractivity contribution is 0.184. The zero-order valence-corrected chi connectivity index (χ0v) is 10.0. The van der Waals surface area contributed by atoms with E-state index in [0.717, 1.165) is 11.4 Å². The second kappa shape index (κ2) is 5.78. The molecule has 0 bridgehead atoms. The fourth-order valence-corrected chi connectivity index (χ4v) is 2.25. The van der Waals surface area contributed by atoms with Crippen LogP contribution in [0.4, 0.5) is 5.69 Å². The lowest BCUT2D eigenvalue weighted by Gasteiger charge is -2.17. The first kappa shape index (κ1) is 11.3. The first-order valence-electron chi connectivity index (χ1n) is 6.33. The Morgan fingerprint density at radius 2 is 1.62 bits per heavy atom. The van der Waals surface area contributed by atoms with Crippen LogP contribution in [0.15, 0.2) is 24.3 Å². The van der Waals surface area contributed by atoms with Crippen molar-refractivity contribution in [1.29, 1.82) is 0 Å². The zero-order chi connectivity index (χ0) is 11.2. The molecule has 0 spiro atoms. The molecule has 0 aliphatic heterocycles. The largest absolute Gasteiger partial charge is 0.490 e. The fourth-order valence-electron chi connectivity index (χ4n) is 2.25. The van der Waals surface area contributed by atoms with Gasteiger partial charge in [-0.05, 0) is 49.9 Å². The van der Waals surface area contributed by atoms with Crippen LogP contribution in [0.5, 0.6) is 5.75 Å². The molecule has 1 aromatic rings. The molecule has 0 amide bonds. The Morgan fingerprint density at radius 1 is 1.00 bits per heavy atom. The molecule has 2 heteroatoms. The molecule has 0 unspecified atom stereocenters. The maximum atomic E-state index is 6.01. The van der Waals surface area contributed by atoms with Crippen molar-refractivity contribution in [1.82, 2.24) is 0 Å². The maximum absolute atomic E-state index is 6.01. The molecule has 0 radical (unpaired) electrons. The van der Waals surface area contributed by atoms with E-state index in [-0.39, 0.29) is 0 Å².